The minimum Gasteiger partial charge on any atom is -0.480 e. The minimum absolute atomic E-state index is 0.125. The molecule has 0 aliphatic carbocycles. The highest BCUT2D eigenvalue weighted by atomic mass is 19.4. The van der Waals surface area contributed by atoms with Gasteiger partial charge in [-0.05, 0) is 31.0 Å². The Balaban J connectivity index is 2.90. The number of carboxylic acids is 1. The zero-order valence-electron chi connectivity index (χ0n) is 13.6. The standard InChI is InChI=1S/C16H18F3NO5/c1-3-25-12(21)7-9(2)13(15(23)24)20-14(22)10-5-4-6-11(8-10)16(17,18)19/h4-6,8-9,13H,3,7H2,1-2H3,(H,20,22)(H,23,24)/t9-,13+/m0/s1. The van der Waals surface area contributed by atoms with E-state index in [1.165, 1.54) is 6.92 Å². The van der Waals surface area contributed by atoms with Gasteiger partial charge >= 0.3 is 18.1 Å². The minimum atomic E-state index is -4.63. The van der Waals surface area contributed by atoms with Crippen LogP contribution in [-0.2, 0) is 20.5 Å². The van der Waals surface area contributed by atoms with Gasteiger partial charge in [-0.25, -0.2) is 4.79 Å². The van der Waals surface area contributed by atoms with Gasteiger partial charge in [-0.15, -0.1) is 0 Å². The maximum Gasteiger partial charge on any atom is 0.416 e. The summed E-state index contributed by atoms with van der Waals surface area (Å²) >= 11 is 0. The molecule has 1 amide bonds. The lowest BCUT2D eigenvalue weighted by atomic mass is 9.97. The van der Waals surface area contributed by atoms with Gasteiger partial charge < -0.3 is 15.2 Å². The van der Waals surface area contributed by atoms with Gasteiger partial charge in [0.15, 0.2) is 0 Å². The highest BCUT2D eigenvalue weighted by molar-refractivity contribution is 5.96. The van der Waals surface area contributed by atoms with E-state index in [1.54, 1.807) is 6.92 Å². The molecule has 0 unspecified atom stereocenters. The molecule has 0 aliphatic heterocycles. The summed E-state index contributed by atoms with van der Waals surface area (Å²) in [6.07, 6.45) is -4.88. The molecule has 0 spiro atoms. The Kier molecular flexibility index (Phi) is 6.96. The number of benzene rings is 1. The second-order valence-corrected chi connectivity index (χ2v) is 5.35. The molecule has 25 heavy (non-hydrogen) atoms. The first-order valence-electron chi connectivity index (χ1n) is 7.42. The van der Waals surface area contributed by atoms with Gasteiger partial charge in [0.25, 0.3) is 5.91 Å². The Morgan fingerprint density at radius 3 is 2.44 bits per heavy atom. The van der Waals surface area contributed by atoms with E-state index in [-0.39, 0.29) is 18.6 Å². The predicted octanol–water partition coefficient (Wildman–Crippen LogP) is 2.48. The van der Waals surface area contributed by atoms with E-state index in [1.807, 2.05) is 0 Å². The maximum absolute atomic E-state index is 12.7. The van der Waals surface area contributed by atoms with Crippen molar-refractivity contribution in [1.29, 1.82) is 0 Å². The number of carbonyl (C=O) groups is 3. The Morgan fingerprint density at radius 1 is 1.28 bits per heavy atom. The van der Waals surface area contributed by atoms with E-state index >= 15 is 0 Å². The molecule has 9 heteroatoms. The normalized spacial score (nSPS) is 13.6. The van der Waals surface area contributed by atoms with Crippen molar-refractivity contribution in [3.63, 3.8) is 0 Å². The van der Waals surface area contributed by atoms with Crippen molar-refractivity contribution in [1.82, 2.24) is 5.32 Å². The van der Waals surface area contributed by atoms with Gasteiger partial charge in [0, 0.05) is 5.56 Å². The molecule has 0 aliphatic rings. The van der Waals surface area contributed by atoms with E-state index in [9.17, 15) is 32.7 Å². The number of carboxylic acid groups (broad SMARTS) is 1. The Bertz CT molecular complexity index is 645. The number of hydrogen-bond acceptors (Lipinski definition) is 4. The number of esters is 1. The van der Waals surface area contributed by atoms with Crippen molar-refractivity contribution < 1.29 is 37.4 Å². The maximum atomic E-state index is 12.7. The Labute approximate surface area is 142 Å². The van der Waals surface area contributed by atoms with Crippen molar-refractivity contribution in [3.05, 3.63) is 35.4 Å². The summed E-state index contributed by atoms with van der Waals surface area (Å²) in [6, 6.07) is 2.17. The topological polar surface area (TPSA) is 92.7 Å². The summed E-state index contributed by atoms with van der Waals surface area (Å²) in [5, 5.41) is 11.4. The number of ether oxygens (including phenoxy) is 1. The lowest BCUT2D eigenvalue weighted by Gasteiger charge is -2.21. The van der Waals surface area contributed by atoms with Crippen molar-refractivity contribution >= 4 is 17.8 Å². The first kappa shape index (κ1) is 20.5. The average Bonchev–Trinajstić information content (AvgIpc) is 2.51. The van der Waals surface area contributed by atoms with E-state index in [2.05, 4.69) is 5.32 Å². The molecule has 2 N–H and O–H groups in total. The molecular weight excluding hydrogens is 343 g/mol. The summed E-state index contributed by atoms with van der Waals surface area (Å²) in [5.41, 5.74) is -1.35. The van der Waals surface area contributed by atoms with Crippen LogP contribution in [0.5, 0.6) is 0 Å². The largest absolute Gasteiger partial charge is 0.480 e. The molecule has 0 heterocycles. The number of nitrogens with one attached hydrogen (secondary N) is 1. The first-order valence-corrected chi connectivity index (χ1v) is 7.42. The highest BCUT2D eigenvalue weighted by Gasteiger charge is 2.32. The lowest BCUT2D eigenvalue weighted by Crippen LogP contribution is -2.45. The van der Waals surface area contributed by atoms with Crippen LogP contribution in [0.2, 0.25) is 0 Å². The first-order chi connectivity index (χ1) is 11.6. The van der Waals surface area contributed by atoms with Gasteiger partial charge in [0.1, 0.15) is 6.04 Å². The average molecular weight is 361 g/mol. The molecule has 6 nitrogen and oxygen atoms in total. The molecule has 2 atom stereocenters. The van der Waals surface area contributed by atoms with Crippen molar-refractivity contribution in [2.24, 2.45) is 5.92 Å². The fourth-order valence-corrected chi connectivity index (χ4v) is 2.11. The van der Waals surface area contributed by atoms with Gasteiger partial charge in [-0.2, -0.15) is 13.2 Å². The summed E-state index contributed by atoms with van der Waals surface area (Å²) in [6.45, 7) is 3.13. The molecule has 0 aromatic heterocycles. The smallest absolute Gasteiger partial charge is 0.416 e. The predicted molar refractivity (Wildman–Crippen MR) is 80.7 cm³/mol. The van der Waals surface area contributed by atoms with Crippen LogP contribution in [0.15, 0.2) is 24.3 Å². The number of halogens is 3. The summed E-state index contributed by atoms with van der Waals surface area (Å²) in [7, 11) is 0. The quantitative estimate of drug-likeness (QED) is 0.728. The van der Waals surface area contributed by atoms with Crippen LogP contribution in [0.3, 0.4) is 0 Å². The lowest BCUT2D eigenvalue weighted by molar-refractivity contribution is -0.146. The summed E-state index contributed by atoms with van der Waals surface area (Å²) < 4.78 is 42.8. The second-order valence-electron chi connectivity index (χ2n) is 5.35. The molecule has 138 valence electrons. The molecular formula is C16H18F3NO5. The molecule has 1 rings (SSSR count). The summed E-state index contributed by atoms with van der Waals surface area (Å²) in [4.78, 5) is 34.9. The second kappa shape index (κ2) is 8.50. The number of aliphatic carboxylic acids is 1. The third kappa shape index (κ3) is 6.09. The number of hydrogen-bond donors (Lipinski definition) is 2. The monoisotopic (exact) mass is 361 g/mol. The zero-order valence-corrected chi connectivity index (χ0v) is 13.6. The van der Waals surface area contributed by atoms with Crippen LogP contribution in [0.1, 0.15) is 36.2 Å². The molecule has 0 saturated heterocycles. The third-order valence-electron chi connectivity index (χ3n) is 3.37. The molecule has 1 aromatic carbocycles. The van der Waals surface area contributed by atoms with E-state index in [0.29, 0.717) is 6.07 Å². The van der Waals surface area contributed by atoms with E-state index < -0.39 is 41.5 Å². The molecule has 0 radical (unpaired) electrons. The fourth-order valence-electron chi connectivity index (χ4n) is 2.11. The number of alkyl halides is 3. The highest BCUT2D eigenvalue weighted by Crippen LogP contribution is 2.29. The number of amides is 1. The molecule has 0 fully saturated rings. The van der Waals surface area contributed by atoms with E-state index in [4.69, 9.17) is 4.74 Å². The Morgan fingerprint density at radius 2 is 1.92 bits per heavy atom. The van der Waals surface area contributed by atoms with Crippen molar-refractivity contribution in [2.75, 3.05) is 6.61 Å². The van der Waals surface area contributed by atoms with Gasteiger partial charge in [0.05, 0.1) is 18.6 Å². The number of carbonyl (C=O) groups excluding carboxylic acids is 2. The van der Waals surface area contributed by atoms with Crippen LogP contribution in [0.25, 0.3) is 0 Å². The SMILES string of the molecule is CCOC(=O)C[C@H](C)[C@@H](NC(=O)c1cccc(C(F)(F)F)c1)C(=O)O. The van der Waals surface area contributed by atoms with Crippen LogP contribution >= 0.6 is 0 Å². The van der Waals surface area contributed by atoms with Crippen molar-refractivity contribution in [2.45, 2.75) is 32.5 Å². The third-order valence-corrected chi connectivity index (χ3v) is 3.37. The molecule has 1 aromatic rings. The number of rotatable bonds is 7. The van der Waals surface area contributed by atoms with Crippen LogP contribution in [-0.4, -0.2) is 35.6 Å². The van der Waals surface area contributed by atoms with Crippen molar-refractivity contribution in [3.8, 4) is 0 Å². The fraction of sp³-hybridized carbons (Fsp3) is 0.438. The van der Waals surface area contributed by atoms with Crippen LogP contribution in [0, 0.1) is 5.92 Å². The molecule has 0 bridgehead atoms. The zero-order chi connectivity index (χ0) is 19.2. The Hall–Kier alpha value is -2.58. The van der Waals surface area contributed by atoms with Gasteiger partial charge in [-0.3, -0.25) is 9.59 Å². The van der Waals surface area contributed by atoms with Crippen LogP contribution in [0.4, 0.5) is 13.2 Å². The molecule has 0 saturated carbocycles. The van der Waals surface area contributed by atoms with E-state index in [0.717, 1.165) is 18.2 Å². The van der Waals surface area contributed by atoms with Gasteiger partial charge in [0.2, 0.25) is 0 Å². The summed E-state index contributed by atoms with van der Waals surface area (Å²) in [5.74, 6) is -3.83. The van der Waals surface area contributed by atoms with Gasteiger partial charge in [-0.1, -0.05) is 13.0 Å². The van der Waals surface area contributed by atoms with Crippen LogP contribution < -0.4 is 5.32 Å².